The van der Waals surface area contributed by atoms with Crippen LogP contribution in [-0.2, 0) is 14.3 Å². The van der Waals surface area contributed by atoms with Crippen molar-refractivity contribution in [3.8, 4) is 12.3 Å². The van der Waals surface area contributed by atoms with E-state index in [-0.39, 0.29) is 18.9 Å². The van der Waals surface area contributed by atoms with Crippen LogP contribution in [0.5, 0.6) is 0 Å². The zero-order valence-corrected chi connectivity index (χ0v) is 7.77. The topological polar surface area (TPSA) is 66.8 Å². The highest BCUT2D eigenvalue weighted by Gasteiger charge is 2.40. The van der Waals surface area contributed by atoms with Crippen LogP contribution in [-0.4, -0.2) is 40.8 Å². The minimum absolute atomic E-state index is 0.0115. The van der Waals surface area contributed by atoms with Crippen molar-refractivity contribution in [3.05, 3.63) is 0 Å². The van der Waals surface area contributed by atoms with Crippen LogP contribution in [0.4, 0.5) is 0 Å². The van der Waals surface area contributed by atoms with E-state index in [1.807, 2.05) is 0 Å². The zero-order chi connectivity index (χ0) is 10.7. The normalized spacial score (nSPS) is 26.1. The average Bonchev–Trinajstić information content (AvgIpc) is 2.32. The Morgan fingerprint density at radius 3 is 3.00 bits per heavy atom. The lowest BCUT2D eigenvalue weighted by Crippen LogP contribution is -2.38. The Morgan fingerprint density at radius 2 is 2.50 bits per heavy atom. The second kappa shape index (κ2) is 4.11. The summed E-state index contributed by atoms with van der Waals surface area (Å²) in [5.74, 6) is 1.42. The lowest BCUT2D eigenvalue weighted by atomic mass is 10.3. The second-order valence-corrected chi connectivity index (χ2v) is 2.99. The predicted octanol–water partition coefficient (Wildman–Crippen LogP) is -0.898. The van der Waals surface area contributed by atoms with Gasteiger partial charge in [-0.2, -0.15) is 0 Å². The molecule has 14 heavy (non-hydrogen) atoms. The fourth-order valence-corrected chi connectivity index (χ4v) is 1.34. The molecule has 1 unspecified atom stereocenters. The highest BCUT2D eigenvalue weighted by Crippen LogP contribution is 2.19. The summed E-state index contributed by atoms with van der Waals surface area (Å²) in [7, 11) is 0. The molecule has 1 rings (SSSR count). The Kier molecular flexibility index (Phi) is 3.10. The minimum atomic E-state index is -1.12. The third kappa shape index (κ3) is 2.03. The molecule has 5 heteroatoms. The van der Waals surface area contributed by atoms with Crippen LogP contribution in [0, 0.1) is 12.3 Å². The Morgan fingerprint density at radius 1 is 1.86 bits per heavy atom. The maximum Gasteiger partial charge on any atom is 0.303 e. The number of hydrogen-bond donors (Lipinski definition) is 1. The molecule has 2 atom stereocenters. The maximum atomic E-state index is 11.2. The smallest absolute Gasteiger partial charge is 0.303 e. The lowest BCUT2D eigenvalue weighted by Gasteiger charge is -2.20. The van der Waals surface area contributed by atoms with E-state index >= 15 is 0 Å². The molecule has 1 fully saturated rings. The molecule has 0 radical (unpaired) electrons. The summed E-state index contributed by atoms with van der Waals surface area (Å²) in [6.45, 7) is 1.25. The minimum Gasteiger partial charge on any atom is -0.457 e. The van der Waals surface area contributed by atoms with E-state index in [1.165, 1.54) is 6.92 Å². The molecule has 0 aliphatic carbocycles. The fourth-order valence-electron chi connectivity index (χ4n) is 1.34. The predicted molar refractivity (Wildman–Crippen MR) is 46.7 cm³/mol. The number of hydrogen-bond acceptors (Lipinski definition) is 4. The van der Waals surface area contributed by atoms with Crippen molar-refractivity contribution >= 4 is 11.9 Å². The highest BCUT2D eigenvalue weighted by atomic mass is 16.6. The van der Waals surface area contributed by atoms with Crippen LogP contribution < -0.4 is 0 Å². The molecule has 0 aromatic heterocycles. The summed E-state index contributed by atoms with van der Waals surface area (Å²) in [6, 6.07) is 0. The third-order valence-electron chi connectivity index (χ3n) is 1.93. The molecule has 0 aromatic rings. The molecule has 1 heterocycles. The summed E-state index contributed by atoms with van der Waals surface area (Å²) in [5.41, 5.74) is 0. The molecular weight excluding hydrogens is 186 g/mol. The van der Waals surface area contributed by atoms with Crippen molar-refractivity contribution in [2.75, 3.05) is 6.54 Å². The molecule has 0 spiro atoms. The van der Waals surface area contributed by atoms with Gasteiger partial charge < -0.3 is 14.7 Å². The largest absolute Gasteiger partial charge is 0.457 e. The van der Waals surface area contributed by atoms with Gasteiger partial charge in [0, 0.05) is 6.92 Å². The summed E-state index contributed by atoms with van der Waals surface area (Å²) < 4.78 is 4.75. The molecule has 0 bridgehead atoms. The average molecular weight is 197 g/mol. The van der Waals surface area contributed by atoms with E-state index in [0.717, 1.165) is 4.90 Å². The van der Waals surface area contributed by atoms with Gasteiger partial charge in [0.1, 0.15) is 0 Å². The molecule has 76 valence electrons. The van der Waals surface area contributed by atoms with Crippen LogP contribution in [0.25, 0.3) is 0 Å². The molecule has 0 saturated carbocycles. The standard InChI is InChI=1S/C9H11NO4/c1-3-4-10-8(12)5-7(9(10)13)14-6(2)11/h1,7,9,13H,4-5H2,2H3/t7-,9?/m0/s1. The Bertz CT molecular complexity index is 294. The third-order valence-corrected chi connectivity index (χ3v) is 1.93. The van der Waals surface area contributed by atoms with Crippen LogP contribution in [0.1, 0.15) is 13.3 Å². The van der Waals surface area contributed by atoms with Crippen molar-refractivity contribution in [2.24, 2.45) is 0 Å². The molecule has 0 aromatic carbocycles. The monoisotopic (exact) mass is 197 g/mol. The van der Waals surface area contributed by atoms with Crippen LogP contribution in [0.15, 0.2) is 0 Å². The van der Waals surface area contributed by atoms with Gasteiger partial charge in [0.2, 0.25) is 5.91 Å². The molecule has 1 saturated heterocycles. The molecule has 5 nitrogen and oxygen atoms in total. The maximum absolute atomic E-state index is 11.2. The zero-order valence-electron chi connectivity index (χ0n) is 7.77. The summed E-state index contributed by atoms with van der Waals surface area (Å²) in [5, 5.41) is 9.53. The Balaban J connectivity index is 2.64. The number of nitrogens with zero attached hydrogens (tertiary/aromatic N) is 1. The van der Waals surface area contributed by atoms with Crippen LogP contribution >= 0.6 is 0 Å². The Labute approximate surface area is 81.6 Å². The van der Waals surface area contributed by atoms with E-state index in [0.29, 0.717) is 0 Å². The summed E-state index contributed by atoms with van der Waals surface area (Å²) in [4.78, 5) is 23.0. The Hall–Kier alpha value is -1.54. The number of carbonyl (C=O) groups excluding carboxylic acids is 2. The van der Waals surface area contributed by atoms with Gasteiger partial charge in [0.25, 0.3) is 0 Å². The number of amides is 1. The molecular formula is C9H11NO4. The first-order valence-corrected chi connectivity index (χ1v) is 4.14. The number of esters is 1. The van der Waals surface area contributed by atoms with E-state index in [4.69, 9.17) is 11.2 Å². The number of aliphatic hydroxyl groups excluding tert-OH is 1. The van der Waals surface area contributed by atoms with Crippen molar-refractivity contribution in [1.82, 2.24) is 4.90 Å². The van der Waals surface area contributed by atoms with Crippen LogP contribution in [0.3, 0.4) is 0 Å². The van der Waals surface area contributed by atoms with E-state index in [1.54, 1.807) is 0 Å². The number of ether oxygens (including phenoxy) is 1. The first kappa shape index (κ1) is 10.5. The van der Waals surface area contributed by atoms with Crippen molar-refractivity contribution in [2.45, 2.75) is 25.7 Å². The number of likely N-dealkylation sites (tertiary alicyclic amines) is 1. The molecule has 1 amide bonds. The van der Waals surface area contributed by atoms with Gasteiger partial charge in [0.15, 0.2) is 12.3 Å². The van der Waals surface area contributed by atoms with E-state index < -0.39 is 18.3 Å². The van der Waals surface area contributed by atoms with Gasteiger partial charge in [-0.1, -0.05) is 5.92 Å². The van der Waals surface area contributed by atoms with Gasteiger partial charge >= 0.3 is 5.97 Å². The van der Waals surface area contributed by atoms with Gasteiger partial charge in [-0.15, -0.1) is 6.42 Å². The van der Waals surface area contributed by atoms with Gasteiger partial charge in [-0.3, -0.25) is 9.59 Å². The lowest BCUT2D eigenvalue weighted by molar-refractivity contribution is -0.154. The fraction of sp³-hybridized carbons (Fsp3) is 0.556. The van der Waals surface area contributed by atoms with Gasteiger partial charge in [-0.05, 0) is 0 Å². The SMILES string of the molecule is C#CCN1C(=O)C[C@H](OC(C)=O)C1O. The van der Waals surface area contributed by atoms with Crippen molar-refractivity contribution in [3.63, 3.8) is 0 Å². The molecule has 1 N–H and O–H groups in total. The number of terminal acetylenes is 1. The van der Waals surface area contributed by atoms with Crippen LogP contribution in [0.2, 0.25) is 0 Å². The van der Waals surface area contributed by atoms with E-state index in [9.17, 15) is 14.7 Å². The van der Waals surface area contributed by atoms with E-state index in [2.05, 4.69) is 5.92 Å². The first-order valence-electron chi connectivity index (χ1n) is 4.14. The quantitative estimate of drug-likeness (QED) is 0.460. The second-order valence-electron chi connectivity index (χ2n) is 2.99. The van der Waals surface area contributed by atoms with Gasteiger partial charge in [0.05, 0.1) is 13.0 Å². The number of rotatable bonds is 2. The van der Waals surface area contributed by atoms with Gasteiger partial charge in [-0.25, -0.2) is 0 Å². The highest BCUT2D eigenvalue weighted by molar-refractivity contribution is 5.80. The first-order chi connectivity index (χ1) is 6.56. The summed E-state index contributed by atoms with van der Waals surface area (Å²) >= 11 is 0. The number of aliphatic hydroxyl groups is 1. The van der Waals surface area contributed by atoms with Crippen molar-refractivity contribution < 1.29 is 19.4 Å². The number of carbonyl (C=O) groups is 2. The summed E-state index contributed by atoms with van der Waals surface area (Å²) in [6.07, 6.45) is 3.08. The molecule has 1 aliphatic heterocycles. The van der Waals surface area contributed by atoms with Crippen molar-refractivity contribution in [1.29, 1.82) is 0 Å². The molecule has 1 aliphatic rings.